The van der Waals surface area contributed by atoms with Crippen LogP contribution in [0.5, 0.6) is 5.75 Å². The maximum absolute atomic E-state index is 12.1. The van der Waals surface area contributed by atoms with Crippen LogP contribution in [0, 0.1) is 0 Å². The van der Waals surface area contributed by atoms with Gasteiger partial charge in [0.05, 0.1) is 12.4 Å². The second-order valence-corrected chi connectivity index (χ2v) is 6.14. The number of amides is 1. The molecule has 0 fully saturated rings. The molecule has 6 nitrogen and oxygen atoms in total. The molecule has 0 unspecified atom stereocenters. The first-order valence-corrected chi connectivity index (χ1v) is 9.24. The number of carbonyl (C=O) groups is 1. The second kappa shape index (κ2) is 9.32. The summed E-state index contributed by atoms with van der Waals surface area (Å²) in [5.41, 5.74) is 0.758. The van der Waals surface area contributed by atoms with E-state index < -0.39 is 0 Å². The number of aromatic nitrogens is 3. The third kappa shape index (κ3) is 4.99. The summed E-state index contributed by atoms with van der Waals surface area (Å²) in [6.07, 6.45) is 1.85. The van der Waals surface area contributed by atoms with Gasteiger partial charge in [-0.3, -0.25) is 4.79 Å². The minimum absolute atomic E-state index is 0.0618. The van der Waals surface area contributed by atoms with Gasteiger partial charge in [0.25, 0.3) is 0 Å². The van der Waals surface area contributed by atoms with Crippen LogP contribution in [0.1, 0.15) is 33.0 Å². The number of thioether (sulfide) groups is 1. The van der Waals surface area contributed by atoms with Gasteiger partial charge in [-0.25, -0.2) is 0 Å². The smallest absolute Gasteiger partial charge is 0.234 e. The van der Waals surface area contributed by atoms with Crippen molar-refractivity contribution in [3.05, 3.63) is 30.1 Å². The van der Waals surface area contributed by atoms with Crippen molar-refractivity contribution in [2.75, 3.05) is 17.7 Å². The SMILES string of the molecule is CCCn1c(CC)nnc1SCC(=O)Nc1ccc(OCC)cc1. The number of nitrogens with zero attached hydrogens (tertiary/aromatic N) is 3. The number of benzene rings is 1. The van der Waals surface area contributed by atoms with Gasteiger partial charge in [0, 0.05) is 18.7 Å². The van der Waals surface area contributed by atoms with Crippen LogP contribution < -0.4 is 10.1 Å². The van der Waals surface area contributed by atoms with Crippen molar-refractivity contribution >= 4 is 23.4 Å². The van der Waals surface area contributed by atoms with Crippen LogP contribution in [0.15, 0.2) is 29.4 Å². The quantitative estimate of drug-likeness (QED) is 0.704. The lowest BCUT2D eigenvalue weighted by Gasteiger charge is -2.08. The Kier molecular flexibility index (Phi) is 7.11. The molecule has 1 amide bonds. The Balaban J connectivity index is 1.90. The molecule has 1 N–H and O–H groups in total. The Bertz CT molecular complexity index is 655. The summed E-state index contributed by atoms with van der Waals surface area (Å²) in [4.78, 5) is 12.1. The van der Waals surface area contributed by atoms with Gasteiger partial charge >= 0.3 is 0 Å². The van der Waals surface area contributed by atoms with Gasteiger partial charge in [-0.15, -0.1) is 10.2 Å². The van der Waals surface area contributed by atoms with Gasteiger partial charge in [-0.2, -0.15) is 0 Å². The number of aryl methyl sites for hydroxylation is 1. The summed E-state index contributed by atoms with van der Waals surface area (Å²) in [5, 5.41) is 12.1. The van der Waals surface area contributed by atoms with Crippen LogP contribution in [-0.2, 0) is 17.8 Å². The van der Waals surface area contributed by atoms with Gasteiger partial charge in [-0.1, -0.05) is 25.6 Å². The molecule has 0 aliphatic rings. The summed E-state index contributed by atoms with van der Waals surface area (Å²) in [6, 6.07) is 7.36. The van der Waals surface area contributed by atoms with E-state index in [1.165, 1.54) is 11.8 Å². The van der Waals surface area contributed by atoms with Crippen molar-refractivity contribution in [3.63, 3.8) is 0 Å². The fourth-order valence-corrected chi connectivity index (χ4v) is 3.05. The number of hydrogen-bond donors (Lipinski definition) is 1. The maximum atomic E-state index is 12.1. The number of hydrogen-bond acceptors (Lipinski definition) is 5. The molecule has 0 spiro atoms. The number of nitrogens with one attached hydrogen (secondary N) is 1. The normalized spacial score (nSPS) is 10.6. The lowest BCUT2D eigenvalue weighted by atomic mass is 10.3. The highest BCUT2D eigenvalue weighted by molar-refractivity contribution is 7.99. The first-order chi connectivity index (χ1) is 11.7. The van der Waals surface area contributed by atoms with Crippen molar-refractivity contribution < 1.29 is 9.53 Å². The summed E-state index contributed by atoms with van der Waals surface area (Å²) >= 11 is 1.41. The highest BCUT2D eigenvalue weighted by Gasteiger charge is 2.12. The third-order valence-corrected chi connectivity index (χ3v) is 4.31. The van der Waals surface area contributed by atoms with Gasteiger partial charge in [0.1, 0.15) is 11.6 Å². The van der Waals surface area contributed by atoms with E-state index >= 15 is 0 Å². The first kappa shape index (κ1) is 18.3. The summed E-state index contributed by atoms with van der Waals surface area (Å²) in [6.45, 7) is 7.61. The van der Waals surface area contributed by atoms with Gasteiger partial charge in [0.15, 0.2) is 5.16 Å². The van der Waals surface area contributed by atoms with Crippen molar-refractivity contribution in [1.82, 2.24) is 14.8 Å². The zero-order valence-corrected chi connectivity index (χ0v) is 15.2. The third-order valence-electron chi connectivity index (χ3n) is 3.34. The lowest BCUT2D eigenvalue weighted by Crippen LogP contribution is -2.14. The Morgan fingerprint density at radius 3 is 2.58 bits per heavy atom. The molecule has 0 aliphatic heterocycles. The molecule has 0 atom stereocenters. The van der Waals surface area contributed by atoms with E-state index in [1.807, 2.05) is 31.2 Å². The van der Waals surface area contributed by atoms with E-state index in [0.717, 1.165) is 41.8 Å². The average Bonchev–Trinajstić information content (AvgIpc) is 2.97. The van der Waals surface area contributed by atoms with Crippen LogP contribution in [0.4, 0.5) is 5.69 Å². The Labute approximate surface area is 147 Å². The number of ether oxygens (including phenoxy) is 1. The first-order valence-electron chi connectivity index (χ1n) is 8.25. The van der Waals surface area contributed by atoms with E-state index in [0.29, 0.717) is 12.4 Å². The van der Waals surface area contributed by atoms with Crippen LogP contribution in [0.3, 0.4) is 0 Å². The second-order valence-electron chi connectivity index (χ2n) is 5.20. The summed E-state index contributed by atoms with van der Waals surface area (Å²) in [5.74, 6) is 2.00. The van der Waals surface area contributed by atoms with E-state index in [2.05, 4.69) is 33.9 Å². The van der Waals surface area contributed by atoms with Gasteiger partial charge < -0.3 is 14.6 Å². The predicted octanol–water partition coefficient (Wildman–Crippen LogP) is 3.38. The van der Waals surface area contributed by atoms with Crippen molar-refractivity contribution in [3.8, 4) is 5.75 Å². The van der Waals surface area contributed by atoms with Crippen LogP contribution in [-0.4, -0.2) is 33.0 Å². The monoisotopic (exact) mass is 348 g/mol. The minimum atomic E-state index is -0.0618. The Morgan fingerprint density at radius 1 is 1.21 bits per heavy atom. The molecule has 24 heavy (non-hydrogen) atoms. The highest BCUT2D eigenvalue weighted by atomic mass is 32.2. The molecule has 0 aliphatic carbocycles. The molecule has 2 rings (SSSR count). The molecule has 2 aromatic rings. The molecule has 1 aromatic heterocycles. The zero-order chi connectivity index (χ0) is 17.4. The number of anilines is 1. The van der Waals surface area contributed by atoms with Gasteiger partial charge in [0.2, 0.25) is 5.91 Å². The fraction of sp³-hybridized carbons (Fsp3) is 0.471. The molecular formula is C17H24N4O2S. The Hall–Kier alpha value is -2.02. The lowest BCUT2D eigenvalue weighted by molar-refractivity contribution is -0.113. The maximum Gasteiger partial charge on any atom is 0.234 e. The molecule has 1 heterocycles. The number of carbonyl (C=O) groups excluding carboxylic acids is 1. The molecule has 7 heteroatoms. The standard InChI is InChI=1S/C17H24N4O2S/c1-4-11-21-15(5-2)19-20-17(21)24-12-16(22)18-13-7-9-14(10-8-13)23-6-3/h7-10H,4-6,11-12H2,1-3H3,(H,18,22). The molecule has 1 aromatic carbocycles. The van der Waals surface area contributed by atoms with Crippen LogP contribution >= 0.6 is 11.8 Å². The van der Waals surface area contributed by atoms with E-state index in [1.54, 1.807) is 0 Å². The average molecular weight is 348 g/mol. The molecule has 0 bridgehead atoms. The van der Waals surface area contributed by atoms with Crippen molar-refractivity contribution in [1.29, 1.82) is 0 Å². The fourth-order valence-electron chi connectivity index (χ4n) is 2.26. The Morgan fingerprint density at radius 2 is 1.96 bits per heavy atom. The van der Waals surface area contributed by atoms with E-state index in [-0.39, 0.29) is 5.91 Å². The minimum Gasteiger partial charge on any atom is -0.494 e. The largest absolute Gasteiger partial charge is 0.494 e. The molecule has 130 valence electrons. The van der Waals surface area contributed by atoms with E-state index in [9.17, 15) is 4.79 Å². The topological polar surface area (TPSA) is 69.0 Å². The summed E-state index contributed by atoms with van der Waals surface area (Å²) < 4.78 is 7.48. The highest BCUT2D eigenvalue weighted by Crippen LogP contribution is 2.19. The number of rotatable bonds is 9. The molecule has 0 saturated carbocycles. The summed E-state index contributed by atoms with van der Waals surface area (Å²) in [7, 11) is 0. The molecule has 0 saturated heterocycles. The van der Waals surface area contributed by atoms with Crippen LogP contribution in [0.25, 0.3) is 0 Å². The van der Waals surface area contributed by atoms with Crippen molar-refractivity contribution in [2.45, 2.75) is 45.3 Å². The van der Waals surface area contributed by atoms with Crippen molar-refractivity contribution in [2.24, 2.45) is 0 Å². The van der Waals surface area contributed by atoms with E-state index in [4.69, 9.17) is 4.74 Å². The zero-order valence-electron chi connectivity index (χ0n) is 14.4. The molecule has 0 radical (unpaired) electrons. The van der Waals surface area contributed by atoms with Crippen LogP contribution in [0.2, 0.25) is 0 Å². The predicted molar refractivity (Wildman–Crippen MR) is 96.7 cm³/mol. The molecular weight excluding hydrogens is 324 g/mol. The van der Waals surface area contributed by atoms with Gasteiger partial charge in [-0.05, 0) is 37.6 Å².